The zero-order chi connectivity index (χ0) is 13.0. The molecule has 0 bridgehead atoms. The average Bonchev–Trinajstić information content (AvgIpc) is 2.84. The average molecular weight is 246 g/mol. The van der Waals surface area contributed by atoms with E-state index in [0.717, 1.165) is 23.5 Å². The number of aryl methyl sites for hydroxylation is 2. The fourth-order valence-corrected chi connectivity index (χ4v) is 1.99. The van der Waals surface area contributed by atoms with Gasteiger partial charge in [0.05, 0.1) is 6.04 Å². The van der Waals surface area contributed by atoms with Gasteiger partial charge in [-0.25, -0.2) is 4.98 Å². The lowest BCUT2D eigenvalue weighted by Crippen LogP contribution is -2.31. The number of nitrogens with zero attached hydrogens (tertiary/aromatic N) is 4. The summed E-state index contributed by atoms with van der Waals surface area (Å²) in [7, 11) is 0. The van der Waals surface area contributed by atoms with Crippen LogP contribution in [0, 0.1) is 6.92 Å². The maximum absolute atomic E-state index is 5.65. The molecule has 1 unspecified atom stereocenters. The van der Waals surface area contributed by atoms with Crippen molar-refractivity contribution >= 4 is 0 Å². The molecule has 18 heavy (non-hydrogen) atoms. The summed E-state index contributed by atoms with van der Waals surface area (Å²) in [6, 6.07) is 1.97. The van der Waals surface area contributed by atoms with Crippen LogP contribution in [0.3, 0.4) is 0 Å². The Morgan fingerprint density at radius 1 is 1.50 bits per heavy atom. The highest BCUT2D eigenvalue weighted by Crippen LogP contribution is 2.19. The molecule has 0 fully saturated rings. The van der Waals surface area contributed by atoms with Crippen LogP contribution in [-0.4, -0.2) is 19.7 Å². The van der Waals surface area contributed by atoms with Gasteiger partial charge in [0.2, 0.25) is 0 Å². The number of aromatic nitrogens is 4. The molecular formula is C12H18N6. The number of nitrogens with two attached hydrogens (primary N) is 1. The third-order valence-electron chi connectivity index (χ3n) is 3.04. The molecule has 0 saturated heterocycles. The second-order valence-electron chi connectivity index (χ2n) is 4.15. The lowest BCUT2D eigenvalue weighted by Gasteiger charge is -2.17. The molecule has 6 heteroatoms. The minimum absolute atomic E-state index is 0.00630. The first kappa shape index (κ1) is 12.7. The molecule has 0 aromatic carbocycles. The summed E-state index contributed by atoms with van der Waals surface area (Å²) in [6.45, 7) is 4.89. The van der Waals surface area contributed by atoms with Crippen LogP contribution in [0.5, 0.6) is 0 Å². The summed E-state index contributed by atoms with van der Waals surface area (Å²) in [4.78, 5) is 8.41. The standard InChI is InChI=1S/C12H18N6/c1-3-18-12(15-8-16-18)6-11(17-13)10-7-14-5-4-9(10)2/h4-5,7-8,11,17H,3,6,13H2,1-2H3. The van der Waals surface area contributed by atoms with Crippen molar-refractivity contribution in [2.45, 2.75) is 32.9 Å². The van der Waals surface area contributed by atoms with Gasteiger partial charge in [0.15, 0.2) is 0 Å². The Bertz CT molecular complexity index is 507. The first-order valence-corrected chi connectivity index (χ1v) is 5.99. The Morgan fingerprint density at radius 2 is 2.33 bits per heavy atom. The zero-order valence-corrected chi connectivity index (χ0v) is 10.7. The van der Waals surface area contributed by atoms with Crippen LogP contribution < -0.4 is 11.3 Å². The maximum Gasteiger partial charge on any atom is 0.138 e. The van der Waals surface area contributed by atoms with Crippen LogP contribution in [0.1, 0.15) is 29.9 Å². The van der Waals surface area contributed by atoms with Crippen LogP contribution in [0.25, 0.3) is 0 Å². The summed E-state index contributed by atoms with van der Waals surface area (Å²) in [5.74, 6) is 6.57. The molecule has 2 heterocycles. The van der Waals surface area contributed by atoms with Gasteiger partial charge in [-0.05, 0) is 31.0 Å². The fraction of sp³-hybridized carbons (Fsp3) is 0.417. The highest BCUT2D eigenvalue weighted by Gasteiger charge is 2.16. The van der Waals surface area contributed by atoms with E-state index in [1.165, 1.54) is 0 Å². The zero-order valence-electron chi connectivity index (χ0n) is 10.7. The van der Waals surface area contributed by atoms with Gasteiger partial charge in [-0.2, -0.15) is 5.10 Å². The lowest BCUT2D eigenvalue weighted by atomic mass is 10.0. The molecule has 3 N–H and O–H groups in total. The van der Waals surface area contributed by atoms with Crippen molar-refractivity contribution in [3.05, 3.63) is 41.7 Å². The van der Waals surface area contributed by atoms with Crippen molar-refractivity contribution in [2.75, 3.05) is 0 Å². The predicted molar refractivity (Wildman–Crippen MR) is 68.4 cm³/mol. The van der Waals surface area contributed by atoms with Gasteiger partial charge in [-0.3, -0.25) is 20.9 Å². The molecule has 0 radical (unpaired) electrons. The Labute approximate surface area is 106 Å². The van der Waals surface area contributed by atoms with Crippen LogP contribution >= 0.6 is 0 Å². The summed E-state index contributed by atoms with van der Waals surface area (Å²) in [6.07, 6.45) is 5.88. The van der Waals surface area contributed by atoms with Gasteiger partial charge in [0, 0.05) is 25.4 Å². The van der Waals surface area contributed by atoms with Crippen molar-refractivity contribution in [3.8, 4) is 0 Å². The van der Waals surface area contributed by atoms with Crippen LogP contribution in [-0.2, 0) is 13.0 Å². The molecule has 0 spiro atoms. The predicted octanol–water partition coefficient (Wildman–Crippen LogP) is 0.749. The number of hydrogen-bond donors (Lipinski definition) is 2. The number of pyridine rings is 1. The van der Waals surface area contributed by atoms with E-state index in [-0.39, 0.29) is 6.04 Å². The molecular weight excluding hydrogens is 228 g/mol. The quantitative estimate of drug-likeness (QED) is 0.601. The molecule has 0 aliphatic carbocycles. The number of hydrogen-bond acceptors (Lipinski definition) is 5. The van der Waals surface area contributed by atoms with Crippen molar-refractivity contribution in [3.63, 3.8) is 0 Å². The highest BCUT2D eigenvalue weighted by atomic mass is 15.3. The number of rotatable bonds is 5. The summed E-state index contributed by atoms with van der Waals surface area (Å²) >= 11 is 0. The first-order valence-electron chi connectivity index (χ1n) is 5.99. The monoisotopic (exact) mass is 246 g/mol. The fourth-order valence-electron chi connectivity index (χ4n) is 1.99. The van der Waals surface area contributed by atoms with E-state index in [9.17, 15) is 0 Å². The Kier molecular flexibility index (Phi) is 4.01. The van der Waals surface area contributed by atoms with Crippen molar-refractivity contribution in [1.29, 1.82) is 0 Å². The number of nitrogens with one attached hydrogen (secondary N) is 1. The smallest absolute Gasteiger partial charge is 0.138 e. The lowest BCUT2D eigenvalue weighted by molar-refractivity contribution is 0.507. The molecule has 6 nitrogen and oxygen atoms in total. The van der Waals surface area contributed by atoms with Gasteiger partial charge in [0.25, 0.3) is 0 Å². The molecule has 2 aromatic rings. The Hall–Kier alpha value is -1.79. The molecule has 2 rings (SSSR count). The van der Waals surface area contributed by atoms with Gasteiger partial charge < -0.3 is 0 Å². The summed E-state index contributed by atoms with van der Waals surface area (Å²) in [5, 5.41) is 4.16. The maximum atomic E-state index is 5.65. The van der Waals surface area contributed by atoms with Crippen molar-refractivity contribution in [2.24, 2.45) is 5.84 Å². The number of hydrazine groups is 1. The van der Waals surface area contributed by atoms with E-state index in [4.69, 9.17) is 5.84 Å². The van der Waals surface area contributed by atoms with E-state index in [0.29, 0.717) is 6.42 Å². The normalized spacial score (nSPS) is 12.6. The van der Waals surface area contributed by atoms with E-state index in [1.54, 1.807) is 12.5 Å². The van der Waals surface area contributed by atoms with Gasteiger partial charge in [-0.1, -0.05) is 0 Å². The first-order chi connectivity index (χ1) is 8.76. The summed E-state index contributed by atoms with van der Waals surface area (Å²) < 4.78 is 1.87. The van der Waals surface area contributed by atoms with Crippen LogP contribution in [0.4, 0.5) is 0 Å². The van der Waals surface area contributed by atoms with E-state index >= 15 is 0 Å². The largest absolute Gasteiger partial charge is 0.271 e. The third-order valence-corrected chi connectivity index (χ3v) is 3.04. The van der Waals surface area contributed by atoms with E-state index in [2.05, 4.69) is 20.5 Å². The van der Waals surface area contributed by atoms with E-state index in [1.807, 2.05) is 30.8 Å². The van der Waals surface area contributed by atoms with Crippen LogP contribution in [0.2, 0.25) is 0 Å². The molecule has 0 aliphatic rings. The van der Waals surface area contributed by atoms with Gasteiger partial charge in [0.1, 0.15) is 12.2 Å². The van der Waals surface area contributed by atoms with Gasteiger partial charge in [-0.15, -0.1) is 0 Å². The minimum atomic E-state index is -0.00630. The Morgan fingerprint density at radius 3 is 3.00 bits per heavy atom. The molecule has 2 aromatic heterocycles. The SMILES string of the molecule is CCn1ncnc1CC(NN)c1cnccc1C. The molecule has 0 saturated carbocycles. The van der Waals surface area contributed by atoms with Crippen LogP contribution in [0.15, 0.2) is 24.8 Å². The summed E-state index contributed by atoms with van der Waals surface area (Å²) in [5.41, 5.74) is 5.08. The minimum Gasteiger partial charge on any atom is -0.271 e. The topological polar surface area (TPSA) is 81.7 Å². The highest BCUT2D eigenvalue weighted by molar-refractivity contribution is 5.25. The van der Waals surface area contributed by atoms with Gasteiger partial charge >= 0.3 is 0 Å². The third kappa shape index (κ3) is 2.55. The molecule has 1 atom stereocenters. The van der Waals surface area contributed by atoms with Crippen molar-refractivity contribution in [1.82, 2.24) is 25.2 Å². The second-order valence-corrected chi connectivity index (χ2v) is 4.15. The van der Waals surface area contributed by atoms with Crippen molar-refractivity contribution < 1.29 is 0 Å². The second kappa shape index (κ2) is 5.70. The Balaban J connectivity index is 2.23. The molecule has 96 valence electrons. The molecule has 0 amide bonds. The van der Waals surface area contributed by atoms with E-state index < -0.39 is 0 Å². The molecule has 0 aliphatic heterocycles.